The van der Waals surface area contributed by atoms with Crippen LogP contribution in [-0.4, -0.2) is 50.9 Å². The average molecular weight is 601 g/mol. The number of hydrogen-bond acceptors (Lipinski definition) is 7. The molecule has 1 heterocycles. The molecular formula is C31H33ClN8O3. The van der Waals surface area contributed by atoms with Gasteiger partial charge in [0.05, 0.1) is 0 Å². The summed E-state index contributed by atoms with van der Waals surface area (Å²) in [5, 5.41) is 20.3. The number of tetrazole rings is 1. The summed E-state index contributed by atoms with van der Waals surface area (Å²) in [5.74, 6) is -0.352. The topological polar surface area (TPSA) is 182 Å². The molecule has 0 aliphatic heterocycles. The Hall–Kier alpha value is -4.61. The lowest BCUT2D eigenvalue weighted by atomic mass is 9.81. The number of halogens is 1. The average Bonchev–Trinajstić information content (AvgIpc) is 3.56. The van der Waals surface area contributed by atoms with Crippen LogP contribution < -0.4 is 22.1 Å². The predicted molar refractivity (Wildman–Crippen MR) is 164 cm³/mol. The number of H-pyrrole nitrogens is 1. The number of rotatable bonds is 10. The summed E-state index contributed by atoms with van der Waals surface area (Å²) < 4.78 is 0. The third-order valence-electron chi connectivity index (χ3n) is 7.87. The van der Waals surface area contributed by atoms with Crippen molar-refractivity contribution in [2.24, 2.45) is 23.3 Å². The summed E-state index contributed by atoms with van der Waals surface area (Å²) in [4.78, 5) is 38.7. The van der Waals surface area contributed by atoms with Crippen molar-refractivity contribution in [3.8, 4) is 22.5 Å². The Labute approximate surface area is 253 Å². The summed E-state index contributed by atoms with van der Waals surface area (Å²) in [5.41, 5.74) is 15.1. The minimum Gasteiger partial charge on any atom is -0.366 e. The van der Waals surface area contributed by atoms with Crippen molar-refractivity contribution in [2.75, 3.05) is 11.9 Å². The highest BCUT2D eigenvalue weighted by Crippen LogP contribution is 2.31. The monoisotopic (exact) mass is 600 g/mol. The van der Waals surface area contributed by atoms with Crippen LogP contribution in [0.1, 0.15) is 41.6 Å². The SMILES string of the molecule is NCC1CCC(C(=O)N[C@@H](Cc2cccc(-c3cc(C(N)=O)ccc3Cl)c2)C(=O)Nc2ccc(-c3nn[nH]n3)cc2)CC1. The molecule has 222 valence electrons. The van der Waals surface area contributed by atoms with Crippen LogP contribution in [0.25, 0.3) is 22.5 Å². The normalized spacial score (nSPS) is 17.2. The van der Waals surface area contributed by atoms with Gasteiger partial charge in [0.15, 0.2) is 0 Å². The fourth-order valence-electron chi connectivity index (χ4n) is 5.38. The van der Waals surface area contributed by atoms with Gasteiger partial charge in [0, 0.05) is 39.7 Å². The summed E-state index contributed by atoms with van der Waals surface area (Å²) in [6, 6.07) is 18.5. The molecule has 4 aromatic rings. The van der Waals surface area contributed by atoms with E-state index in [9.17, 15) is 14.4 Å². The molecule has 5 rings (SSSR count). The maximum atomic E-state index is 13.6. The Morgan fingerprint density at radius 1 is 0.977 bits per heavy atom. The summed E-state index contributed by atoms with van der Waals surface area (Å²) in [6.45, 7) is 0.619. The standard InChI is InChI=1S/C31H33ClN8O3/c32-26-13-10-23(28(34)41)16-25(26)22-3-1-2-19(14-22)15-27(36-30(42)21-6-4-18(17-33)5-7-21)31(43)35-24-11-8-20(9-12-24)29-37-39-40-38-29/h1-3,8-14,16,18,21,27H,4-7,15,17,33H2,(H2,34,41)(H,35,43)(H,36,42)(H,37,38,39,40)/t18?,21?,27-/m0/s1. The highest BCUT2D eigenvalue weighted by Gasteiger charge is 2.29. The number of carbonyl (C=O) groups excluding carboxylic acids is 3. The second-order valence-electron chi connectivity index (χ2n) is 10.8. The number of hydrogen-bond donors (Lipinski definition) is 5. The lowest BCUT2D eigenvalue weighted by Crippen LogP contribution is -2.48. The molecular weight excluding hydrogens is 568 g/mol. The maximum Gasteiger partial charge on any atom is 0.248 e. The Balaban J connectivity index is 1.36. The molecule has 1 aromatic heterocycles. The van der Waals surface area contributed by atoms with Crippen molar-refractivity contribution in [3.05, 3.63) is 82.9 Å². The van der Waals surface area contributed by atoms with Gasteiger partial charge in [-0.05, 0) is 97.0 Å². The number of nitrogens with one attached hydrogen (secondary N) is 3. The van der Waals surface area contributed by atoms with Crippen molar-refractivity contribution in [3.63, 3.8) is 0 Å². The predicted octanol–water partition coefficient (Wildman–Crippen LogP) is 3.72. The molecule has 1 aliphatic rings. The van der Waals surface area contributed by atoms with Crippen LogP contribution in [0.5, 0.6) is 0 Å². The number of nitrogens with zero attached hydrogens (tertiary/aromatic N) is 3. The molecule has 0 saturated heterocycles. The van der Waals surface area contributed by atoms with Gasteiger partial charge in [-0.3, -0.25) is 14.4 Å². The van der Waals surface area contributed by atoms with Gasteiger partial charge in [0.25, 0.3) is 0 Å². The van der Waals surface area contributed by atoms with Crippen LogP contribution in [0.4, 0.5) is 5.69 Å². The number of amides is 3. The van der Waals surface area contributed by atoms with Crippen molar-refractivity contribution in [2.45, 2.75) is 38.1 Å². The maximum absolute atomic E-state index is 13.6. The van der Waals surface area contributed by atoms with Gasteiger partial charge in [0.2, 0.25) is 23.5 Å². The molecule has 3 aromatic carbocycles. The van der Waals surface area contributed by atoms with E-state index in [4.69, 9.17) is 23.1 Å². The summed E-state index contributed by atoms with van der Waals surface area (Å²) in [6.07, 6.45) is 3.50. The van der Waals surface area contributed by atoms with Crippen molar-refractivity contribution in [1.82, 2.24) is 25.9 Å². The van der Waals surface area contributed by atoms with Crippen LogP contribution >= 0.6 is 11.6 Å². The number of carbonyl (C=O) groups is 3. The van der Waals surface area contributed by atoms with Gasteiger partial charge in [-0.25, -0.2) is 0 Å². The zero-order valence-corrected chi connectivity index (χ0v) is 24.2. The minimum atomic E-state index is -0.848. The first kappa shape index (κ1) is 29.9. The summed E-state index contributed by atoms with van der Waals surface area (Å²) in [7, 11) is 0. The van der Waals surface area contributed by atoms with Crippen molar-refractivity contribution < 1.29 is 14.4 Å². The molecule has 0 unspecified atom stereocenters. The van der Waals surface area contributed by atoms with E-state index in [1.54, 1.807) is 42.5 Å². The number of aromatic nitrogens is 4. The molecule has 12 heteroatoms. The lowest BCUT2D eigenvalue weighted by molar-refractivity contribution is -0.130. The molecule has 0 bridgehead atoms. The smallest absolute Gasteiger partial charge is 0.248 e. The largest absolute Gasteiger partial charge is 0.366 e. The second kappa shape index (κ2) is 13.6. The van der Waals surface area contributed by atoms with E-state index in [-0.39, 0.29) is 24.2 Å². The molecule has 1 aliphatic carbocycles. The third kappa shape index (κ3) is 7.43. The van der Waals surface area contributed by atoms with Crippen LogP contribution in [0.15, 0.2) is 66.7 Å². The van der Waals surface area contributed by atoms with E-state index in [1.807, 2.05) is 24.3 Å². The Morgan fingerprint density at radius 3 is 2.42 bits per heavy atom. The van der Waals surface area contributed by atoms with Crippen molar-refractivity contribution >= 4 is 35.0 Å². The molecule has 3 amide bonds. The Bertz CT molecular complexity index is 1590. The van der Waals surface area contributed by atoms with Gasteiger partial charge in [-0.1, -0.05) is 35.9 Å². The van der Waals surface area contributed by atoms with Gasteiger partial charge >= 0.3 is 0 Å². The van der Waals surface area contributed by atoms with Crippen LogP contribution in [0, 0.1) is 11.8 Å². The fourth-order valence-corrected chi connectivity index (χ4v) is 5.60. The van der Waals surface area contributed by atoms with E-state index >= 15 is 0 Å². The molecule has 0 radical (unpaired) electrons. The first-order valence-electron chi connectivity index (χ1n) is 14.1. The summed E-state index contributed by atoms with van der Waals surface area (Å²) >= 11 is 6.46. The second-order valence-corrected chi connectivity index (χ2v) is 11.2. The number of benzene rings is 3. The van der Waals surface area contributed by atoms with E-state index in [0.29, 0.717) is 40.1 Å². The molecule has 1 saturated carbocycles. The highest BCUT2D eigenvalue weighted by molar-refractivity contribution is 6.33. The molecule has 1 atom stereocenters. The van der Waals surface area contributed by atoms with Crippen LogP contribution in [-0.2, 0) is 16.0 Å². The minimum absolute atomic E-state index is 0.142. The number of primary amides is 1. The lowest BCUT2D eigenvalue weighted by Gasteiger charge is -2.28. The molecule has 43 heavy (non-hydrogen) atoms. The van der Waals surface area contributed by atoms with E-state index in [2.05, 4.69) is 31.3 Å². The Kier molecular flexibility index (Phi) is 9.43. The highest BCUT2D eigenvalue weighted by atomic mass is 35.5. The molecule has 7 N–H and O–H groups in total. The van der Waals surface area contributed by atoms with Gasteiger partial charge in [-0.15, -0.1) is 10.2 Å². The number of nitrogens with two attached hydrogens (primary N) is 2. The zero-order valence-electron chi connectivity index (χ0n) is 23.4. The molecule has 1 fully saturated rings. The van der Waals surface area contributed by atoms with E-state index in [0.717, 1.165) is 42.4 Å². The first-order valence-corrected chi connectivity index (χ1v) is 14.5. The third-order valence-corrected chi connectivity index (χ3v) is 8.20. The zero-order chi connectivity index (χ0) is 30.3. The van der Waals surface area contributed by atoms with E-state index < -0.39 is 11.9 Å². The fraction of sp³-hybridized carbons (Fsp3) is 0.290. The van der Waals surface area contributed by atoms with Crippen LogP contribution in [0.3, 0.4) is 0 Å². The van der Waals surface area contributed by atoms with Gasteiger partial charge < -0.3 is 22.1 Å². The van der Waals surface area contributed by atoms with Gasteiger partial charge in [-0.2, -0.15) is 5.21 Å². The van der Waals surface area contributed by atoms with Gasteiger partial charge in [0.1, 0.15) is 6.04 Å². The molecule has 11 nitrogen and oxygen atoms in total. The quantitative estimate of drug-likeness (QED) is 0.184. The van der Waals surface area contributed by atoms with E-state index in [1.165, 1.54) is 0 Å². The molecule has 0 spiro atoms. The Morgan fingerprint density at radius 2 is 1.74 bits per heavy atom. The van der Waals surface area contributed by atoms with Crippen molar-refractivity contribution in [1.29, 1.82) is 0 Å². The number of anilines is 1. The van der Waals surface area contributed by atoms with Crippen LogP contribution in [0.2, 0.25) is 5.02 Å². The number of aromatic amines is 1. The first-order chi connectivity index (χ1) is 20.8.